The summed E-state index contributed by atoms with van der Waals surface area (Å²) in [4.78, 5) is 26.4. The maximum atomic E-state index is 10.1. The van der Waals surface area contributed by atoms with Crippen molar-refractivity contribution in [3.63, 3.8) is 0 Å². The number of aliphatic carboxylic acids is 1. The van der Waals surface area contributed by atoms with E-state index in [1.54, 1.807) is 0 Å². The predicted octanol–water partition coefficient (Wildman–Crippen LogP) is -3.18. The summed E-state index contributed by atoms with van der Waals surface area (Å²) in [6.45, 7) is -0.875. The maximum absolute atomic E-state index is 10.1. The van der Waals surface area contributed by atoms with Crippen LogP contribution in [0.5, 0.6) is 0 Å². The molecule has 13 heavy (non-hydrogen) atoms. The van der Waals surface area contributed by atoms with Crippen molar-refractivity contribution in [1.82, 2.24) is 5.09 Å². The number of aliphatic hydroxyl groups is 1. The summed E-state index contributed by atoms with van der Waals surface area (Å²) < 4.78 is 10.1. The third-order valence-electron chi connectivity index (χ3n) is 0.805. The molecule has 0 amide bonds. The van der Waals surface area contributed by atoms with Gasteiger partial charge in [0, 0.05) is 0 Å². The molecule has 5 N–H and O–H groups in total. The fraction of sp³-hybridized carbons (Fsp3) is 0.667. The molecule has 0 rings (SSSR count). The molecule has 0 saturated carbocycles. The van der Waals surface area contributed by atoms with Gasteiger partial charge in [-0.05, 0) is 0 Å². The number of hydrogen-bond acceptors (Lipinski definition) is 3. The molecule has 0 fully saturated rings. The number of nitrogens with one attached hydrogen (secondary N) is 1. The summed E-state index contributed by atoms with van der Waals surface area (Å²) in [6.07, 6.45) is 0. The van der Waals surface area contributed by atoms with E-state index in [2.05, 4.69) is 0 Å². The van der Waals surface area contributed by atoms with Crippen LogP contribution in [0.2, 0.25) is 0 Å². The molecule has 70 valence electrons. The SMILES string of the molecule is O=C(O)C(CO)NP(=O)(O)O.[NaH].[NaH]. The van der Waals surface area contributed by atoms with Gasteiger partial charge in [0.05, 0.1) is 6.61 Å². The Balaban J connectivity index is -0.000000500. The van der Waals surface area contributed by atoms with Crippen molar-refractivity contribution in [3.8, 4) is 0 Å². The summed E-state index contributed by atoms with van der Waals surface area (Å²) in [7, 11) is -4.58. The Morgan fingerprint density at radius 3 is 1.85 bits per heavy atom. The molecule has 0 spiro atoms. The molecular weight excluding hydrogens is 223 g/mol. The first-order valence-electron chi connectivity index (χ1n) is 2.54. The van der Waals surface area contributed by atoms with Crippen LogP contribution in [0.4, 0.5) is 0 Å². The predicted molar refractivity (Wildman–Crippen MR) is 48.0 cm³/mol. The van der Waals surface area contributed by atoms with Gasteiger partial charge in [-0.15, -0.1) is 0 Å². The summed E-state index contributed by atoms with van der Waals surface area (Å²) >= 11 is 0. The fourth-order valence-corrected chi connectivity index (χ4v) is 0.975. The molecule has 1 unspecified atom stereocenters. The average Bonchev–Trinajstić information content (AvgIpc) is 1.80. The summed E-state index contributed by atoms with van der Waals surface area (Å²) in [5.41, 5.74) is 0. The Kier molecular flexibility index (Phi) is 13.6. The van der Waals surface area contributed by atoms with Crippen LogP contribution in [0.15, 0.2) is 0 Å². The number of hydrogen-bond donors (Lipinski definition) is 5. The van der Waals surface area contributed by atoms with E-state index < -0.39 is 26.4 Å². The zero-order valence-electron chi connectivity index (χ0n) is 5.34. The molecular formula is C3H10NNa2O6P. The number of carboxylic acid groups (broad SMARTS) is 1. The summed E-state index contributed by atoms with van der Waals surface area (Å²) in [5, 5.41) is 17.9. The number of carbonyl (C=O) groups is 1. The molecule has 0 aliphatic carbocycles. The molecule has 0 aromatic carbocycles. The Hall–Kier alpha value is 1.54. The molecule has 7 nitrogen and oxygen atoms in total. The molecule has 0 bridgehead atoms. The first-order chi connectivity index (χ1) is 4.87. The molecule has 0 aromatic rings. The van der Waals surface area contributed by atoms with Crippen LogP contribution in [0.1, 0.15) is 0 Å². The molecule has 1 atom stereocenters. The van der Waals surface area contributed by atoms with Gasteiger partial charge >= 0.3 is 72.8 Å². The average molecular weight is 233 g/mol. The van der Waals surface area contributed by atoms with Gasteiger partial charge in [0.1, 0.15) is 6.04 Å². The number of aliphatic hydroxyl groups excluding tert-OH is 1. The van der Waals surface area contributed by atoms with Gasteiger partial charge < -0.3 is 20.0 Å². The van der Waals surface area contributed by atoms with Crippen LogP contribution >= 0.6 is 7.75 Å². The van der Waals surface area contributed by atoms with Crippen LogP contribution in [0.25, 0.3) is 0 Å². The van der Waals surface area contributed by atoms with Crippen LogP contribution in [0.3, 0.4) is 0 Å². The van der Waals surface area contributed by atoms with Gasteiger partial charge in [0.25, 0.3) is 0 Å². The molecule has 0 aromatic heterocycles. The third-order valence-corrected chi connectivity index (χ3v) is 1.45. The fourth-order valence-electron chi connectivity index (χ4n) is 0.377. The van der Waals surface area contributed by atoms with Crippen molar-refractivity contribution in [2.24, 2.45) is 0 Å². The van der Waals surface area contributed by atoms with Gasteiger partial charge in [-0.2, -0.15) is 0 Å². The number of carboxylic acids is 1. The second-order valence-corrected chi connectivity index (χ2v) is 3.09. The van der Waals surface area contributed by atoms with Gasteiger partial charge in [0.15, 0.2) is 0 Å². The molecule has 0 saturated heterocycles. The van der Waals surface area contributed by atoms with Gasteiger partial charge in [-0.3, -0.25) is 4.79 Å². The first-order valence-corrected chi connectivity index (χ1v) is 4.15. The van der Waals surface area contributed by atoms with Gasteiger partial charge in [0.2, 0.25) is 0 Å². The standard InChI is InChI=1S/C3H8NO6P.2Na.2H/c5-1-2(3(6)7)4-11(8,9)10;;;;/h2,5H,1H2,(H,6,7)(H3,4,8,9,10);;;;. The van der Waals surface area contributed by atoms with Crippen LogP contribution < -0.4 is 5.09 Å². The van der Waals surface area contributed by atoms with Crippen molar-refractivity contribution in [2.75, 3.05) is 6.61 Å². The third kappa shape index (κ3) is 11.5. The minimum absolute atomic E-state index is 0. The van der Waals surface area contributed by atoms with Crippen molar-refractivity contribution >= 4 is 72.8 Å². The second-order valence-electron chi connectivity index (χ2n) is 1.75. The zero-order valence-corrected chi connectivity index (χ0v) is 6.23. The van der Waals surface area contributed by atoms with Crippen molar-refractivity contribution in [2.45, 2.75) is 6.04 Å². The molecule has 0 radical (unpaired) electrons. The Morgan fingerprint density at radius 2 is 1.77 bits per heavy atom. The molecule has 0 aliphatic heterocycles. The topological polar surface area (TPSA) is 127 Å². The van der Waals surface area contributed by atoms with E-state index in [4.69, 9.17) is 20.0 Å². The van der Waals surface area contributed by atoms with E-state index >= 15 is 0 Å². The number of rotatable bonds is 4. The quantitative estimate of drug-likeness (QED) is 0.256. The van der Waals surface area contributed by atoms with Crippen molar-refractivity contribution in [3.05, 3.63) is 0 Å². The van der Waals surface area contributed by atoms with E-state index in [0.29, 0.717) is 0 Å². The Labute approximate surface area is 119 Å². The van der Waals surface area contributed by atoms with E-state index in [9.17, 15) is 9.36 Å². The van der Waals surface area contributed by atoms with E-state index in [0.717, 1.165) is 0 Å². The molecule has 0 heterocycles. The van der Waals surface area contributed by atoms with E-state index in [1.807, 2.05) is 0 Å². The monoisotopic (exact) mass is 233 g/mol. The zero-order chi connectivity index (χ0) is 9.07. The Bertz CT molecular complexity index is 194. The van der Waals surface area contributed by atoms with E-state index in [-0.39, 0.29) is 59.1 Å². The van der Waals surface area contributed by atoms with E-state index in [1.165, 1.54) is 5.09 Å². The summed E-state index contributed by atoms with van der Waals surface area (Å²) in [5.74, 6) is -1.52. The van der Waals surface area contributed by atoms with Crippen LogP contribution in [-0.2, 0) is 9.36 Å². The van der Waals surface area contributed by atoms with Crippen LogP contribution in [-0.4, -0.2) is 97.7 Å². The van der Waals surface area contributed by atoms with Crippen molar-refractivity contribution in [1.29, 1.82) is 0 Å². The first kappa shape index (κ1) is 20.0. The van der Waals surface area contributed by atoms with Crippen molar-refractivity contribution < 1.29 is 29.4 Å². The molecule has 10 heteroatoms. The molecule has 0 aliphatic rings. The second kappa shape index (κ2) is 8.82. The van der Waals surface area contributed by atoms with Gasteiger partial charge in [-0.25, -0.2) is 9.65 Å². The normalized spacial score (nSPS) is 12.2. The van der Waals surface area contributed by atoms with Crippen LogP contribution in [0, 0.1) is 0 Å². The Morgan fingerprint density at radius 1 is 1.38 bits per heavy atom. The van der Waals surface area contributed by atoms with Gasteiger partial charge in [-0.1, -0.05) is 0 Å². The summed E-state index contributed by atoms with van der Waals surface area (Å²) in [6, 6.07) is -1.63. The minimum atomic E-state index is -4.58.